The molecule has 100 valence electrons. The van der Waals surface area contributed by atoms with Gasteiger partial charge in [-0.2, -0.15) is 0 Å². The molecular formula is C14H28N2O. The van der Waals surface area contributed by atoms with Crippen LogP contribution in [0.4, 0.5) is 0 Å². The largest absolute Gasteiger partial charge is 0.376 e. The molecule has 0 radical (unpaired) electrons. The summed E-state index contributed by atoms with van der Waals surface area (Å²) in [6, 6.07) is 0.230. The van der Waals surface area contributed by atoms with Crippen molar-refractivity contribution in [2.45, 2.75) is 45.8 Å². The first-order chi connectivity index (χ1) is 7.90. The fourth-order valence-corrected chi connectivity index (χ4v) is 3.32. The number of hydrogen-bond donors (Lipinski definition) is 1. The van der Waals surface area contributed by atoms with Crippen LogP contribution in [-0.2, 0) is 4.74 Å². The monoisotopic (exact) mass is 240 g/mol. The van der Waals surface area contributed by atoms with Crippen LogP contribution in [0.3, 0.4) is 0 Å². The molecule has 2 aliphatic rings. The van der Waals surface area contributed by atoms with E-state index in [2.05, 4.69) is 32.7 Å². The van der Waals surface area contributed by atoms with E-state index in [9.17, 15) is 0 Å². The normalized spacial score (nSPS) is 40.1. The van der Waals surface area contributed by atoms with Crippen molar-refractivity contribution in [1.29, 1.82) is 0 Å². The van der Waals surface area contributed by atoms with Crippen LogP contribution >= 0.6 is 0 Å². The molecule has 2 N–H and O–H groups in total. The first-order valence-electron chi connectivity index (χ1n) is 6.96. The molecule has 2 heterocycles. The van der Waals surface area contributed by atoms with E-state index in [1.807, 2.05) is 0 Å². The second kappa shape index (κ2) is 4.87. The van der Waals surface area contributed by atoms with Gasteiger partial charge in [0.25, 0.3) is 0 Å². The Morgan fingerprint density at radius 2 is 2.12 bits per heavy atom. The molecule has 2 aliphatic heterocycles. The highest BCUT2D eigenvalue weighted by Crippen LogP contribution is 2.40. The van der Waals surface area contributed by atoms with E-state index < -0.39 is 0 Å². The summed E-state index contributed by atoms with van der Waals surface area (Å²) in [6.45, 7) is 10.3. The summed E-state index contributed by atoms with van der Waals surface area (Å²) < 4.78 is 5.86. The zero-order valence-electron chi connectivity index (χ0n) is 11.8. The lowest BCUT2D eigenvalue weighted by Crippen LogP contribution is -2.39. The molecule has 4 atom stereocenters. The Morgan fingerprint density at radius 1 is 1.41 bits per heavy atom. The van der Waals surface area contributed by atoms with Crippen molar-refractivity contribution >= 4 is 0 Å². The van der Waals surface area contributed by atoms with Crippen LogP contribution in [-0.4, -0.2) is 43.8 Å². The van der Waals surface area contributed by atoms with E-state index in [4.69, 9.17) is 10.5 Å². The molecule has 17 heavy (non-hydrogen) atoms. The van der Waals surface area contributed by atoms with Crippen LogP contribution in [0.2, 0.25) is 0 Å². The highest BCUT2D eigenvalue weighted by atomic mass is 16.5. The van der Waals surface area contributed by atoms with Crippen molar-refractivity contribution in [1.82, 2.24) is 4.90 Å². The zero-order valence-corrected chi connectivity index (χ0v) is 11.8. The fourth-order valence-electron chi connectivity index (χ4n) is 3.32. The van der Waals surface area contributed by atoms with E-state index in [0.717, 1.165) is 18.9 Å². The molecular weight excluding hydrogens is 212 g/mol. The molecule has 0 aromatic carbocycles. The van der Waals surface area contributed by atoms with E-state index in [1.165, 1.54) is 19.5 Å². The number of nitrogens with two attached hydrogens (primary N) is 1. The molecule has 0 aliphatic carbocycles. The van der Waals surface area contributed by atoms with Gasteiger partial charge in [0.05, 0.1) is 12.7 Å². The van der Waals surface area contributed by atoms with Gasteiger partial charge in [-0.05, 0) is 43.7 Å². The average molecular weight is 240 g/mol. The Hall–Kier alpha value is -0.120. The van der Waals surface area contributed by atoms with E-state index in [-0.39, 0.29) is 12.1 Å². The van der Waals surface area contributed by atoms with Gasteiger partial charge in [0.15, 0.2) is 0 Å². The Labute approximate surface area is 106 Å². The van der Waals surface area contributed by atoms with Crippen molar-refractivity contribution in [3.8, 4) is 0 Å². The lowest BCUT2D eigenvalue weighted by Gasteiger charge is -2.35. The Balaban J connectivity index is 1.93. The summed E-state index contributed by atoms with van der Waals surface area (Å²) in [5, 5.41) is 0. The van der Waals surface area contributed by atoms with Crippen LogP contribution in [0, 0.1) is 17.3 Å². The van der Waals surface area contributed by atoms with Gasteiger partial charge in [0.1, 0.15) is 0 Å². The van der Waals surface area contributed by atoms with Crippen molar-refractivity contribution in [3.05, 3.63) is 0 Å². The van der Waals surface area contributed by atoms with Gasteiger partial charge in [0, 0.05) is 12.6 Å². The molecule has 2 rings (SSSR count). The maximum Gasteiger partial charge on any atom is 0.0734 e. The minimum atomic E-state index is 0.230. The van der Waals surface area contributed by atoms with E-state index in [0.29, 0.717) is 11.3 Å². The number of likely N-dealkylation sites (tertiary alicyclic amines) is 1. The van der Waals surface area contributed by atoms with Crippen molar-refractivity contribution in [3.63, 3.8) is 0 Å². The average Bonchev–Trinajstić information content (AvgIpc) is 2.80. The van der Waals surface area contributed by atoms with Gasteiger partial charge in [-0.1, -0.05) is 20.8 Å². The molecule has 3 nitrogen and oxygen atoms in total. The predicted octanol–water partition coefficient (Wildman–Crippen LogP) is 1.72. The molecule has 0 aromatic heterocycles. The maximum absolute atomic E-state index is 6.22. The minimum absolute atomic E-state index is 0.230. The van der Waals surface area contributed by atoms with E-state index >= 15 is 0 Å². The minimum Gasteiger partial charge on any atom is -0.376 e. The first-order valence-corrected chi connectivity index (χ1v) is 6.96. The predicted molar refractivity (Wildman–Crippen MR) is 70.9 cm³/mol. The molecule has 2 saturated heterocycles. The lowest BCUT2D eigenvalue weighted by atomic mass is 9.73. The number of ether oxygens (including phenoxy) is 1. The third-order valence-corrected chi connectivity index (χ3v) is 4.88. The molecule has 0 amide bonds. The Kier molecular flexibility index (Phi) is 3.81. The summed E-state index contributed by atoms with van der Waals surface area (Å²) in [6.07, 6.45) is 2.70. The lowest BCUT2D eigenvalue weighted by molar-refractivity contribution is 0.0450. The third kappa shape index (κ3) is 2.83. The van der Waals surface area contributed by atoms with Crippen molar-refractivity contribution in [2.75, 3.05) is 26.7 Å². The van der Waals surface area contributed by atoms with Crippen LogP contribution in [0.1, 0.15) is 33.6 Å². The van der Waals surface area contributed by atoms with Crippen LogP contribution < -0.4 is 5.73 Å². The summed E-state index contributed by atoms with van der Waals surface area (Å²) in [5.74, 6) is 1.31. The molecule has 3 heteroatoms. The molecule has 0 spiro atoms. The summed E-state index contributed by atoms with van der Waals surface area (Å²) in [4.78, 5) is 2.43. The van der Waals surface area contributed by atoms with Gasteiger partial charge in [0.2, 0.25) is 0 Å². The highest BCUT2D eigenvalue weighted by Gasteiger charge is 2.40. The van der Waals surface area contributed by atoms with Crippen molar-refractivity contribution < 1.29 is 4.74 Å². The molecule has 2 unspecified atom stereocenters. The zero-order chi connectivity index (χ0) is 12.6. The Morgan fingerprint density at radius 3 is 2.59 bits per heavy atom. The van der Waals surface area contributed by atoms with Crippen LogP contribution in [0.15, 0.2) is 0 Å². The summed E-state index contributed by atoms with van der Waals surface area (Å²) >= 11 is 0. The molecule has 2 fully saturated rings. The summed E-state index contributed by atoms with van der Waals surface area (Å²) in [7, 11) is 2.22. The second-order valence-corrected chi connectivity index (χ2v) is 6.87. The number of rotatable bonds is 3. The van der Waals surface area contributed by atoms with Gasteiger partial charge in [-0.25, -0.2) is 0 Å². The smallest absolute Gasteiger partial charge is 0.0734 e. The van der Waals surface area contributed by atoms with Crippen molar-refractivity contribution in [2.24, 2.45) is 23.0 Å². The number of hydrogen-bond acceptors (Lipinski definition) is 3. The van der Waals surface area contributed by atoms with E-state index in [1.54, 1.807) is 0 Å². The molecule has 0 saturated carbocycles. The standard InChI is InChI=1S/C14H28N2O/c1-10-9-17-12(13(10)15)7-14(2,3)11-5-6-16(4)8-11/h10-13H,5-9,15H2,1-4H3/t10-,11?,12?,13-/m1/s1. The number of nitrogens with zero attached hydrogens (tertiary/aromatic N) is 1. The van der Waals surface area contributed by atoms with Crippen LogP contribution in [0.25, 0.3) is 0 Å². The first kappa shape index (κ1) is 13.3. The maximum atomic E-state index is 6.22. The summed E-state index contributed by atoms with van der Waals surface area (Å²) in [5.41, 5.74) is 6.56. The topological polar surface area (TPSA) is 38.5 Å². The van der Waals surface area contributed by atoms with Crippen LogP contribution in [0.5, 0.6) is 0 Å². The molecule has 0 bridgehead atoms. The highest BCUT2D eigenvalue weighted by molar-refractivity contribution is 4.92. The third-order valence-electron chi connectivity index (χ3n) is 4.88. The Bertz CT molecular complexity index is 267. The van der Waals surface area contributed by atoms with Gasteiger partial charge in [-0.15, -0.1) is 0 Å². The second-order valence-electron chi connectivity index (χ2n) is 6.87. The van der Waals surface area contributed by atoms with Gasteiger partial charge in [-0.3, -0.25) is 0 Å². The fraction of sp³-hybridized carbons (Fsp3) is 1.00. The van der Waals surface area contributed by atoms with Gasteiger partial charge >= 0.3 is 0 Å². The SMILES string of the molecule is C[C@@H]1COC(CC(C)(C)C2CCN(C)C2)[C@@H]1N. The molecule has 0 aromatic rings. The quantitative estimate of drug-likeness (QED) is 0.816. The van der Waals surface area contributed by atoms with Gasteiger partial charge < -0.3 is 15.4 Å².